The van der Waals surface area contributed by atoms with Gasteiger partial charge >= 0.3 is 0 Å². The van der Waals surface area contributed by atoms with E-state index in [1.807, 2.05) is 19.6 Å². The molecule has 13 N–H and O–H groups in total. The summed E-state index contributed by atoms with van der Waals surface area (Å²) in [4.78, 5) is 97.8. The minimum absolute atomic E-state index is 0.00194. The molecule has 0 atom stereocenters. The Morgan fingerprint density at radius 2 is 0.643 bits per heavy atom. The lowest BCUT2D eigenvalue weighted by molar-refractivity contribution is -0.124. The Labute approximate surface area is 404 Å². The molecule has 24 heteroatoms. The third kappa shape index (κ3) is 18.3. The molecule has 1 aliphatic heterocycles. The number of carbonyl (C=O) groups is 7. The first-order valence-corrected chi connectivity index (χ1v) is 22.3. The number of nitrogens with zero attached hydrogens (tertiary/aromatic N) is 4. The number of terminal acetylenes is 1. The number of hydrogen-bond donors (Lipinski definition) is 13. The molecule has 1 saturated heterocycles. The van der Waals surface area contributed by atoms with Crippen molar-refractivity contribution in [3.8, 4) is 46.8 Å². The predicted octanol–water partition coefficient (Wildman–Crippen LogP) is -3.17. The van der Waals surface area contributed by atoms with Crippen LogP contribution in [0.2, 0.25) is 0 Å². The lowest BCUT2D eigenvalue weighted by Gasteiger charge is -2.33. The minimum atomic E-state index is -0.664. The summed E-state index contributed by atoms with van der Waals surface area (Å²) in [6, 6.07) is 11.9. The maximum atomic E-state index is 13.3. The van der Waals surface area contributed by atoms with Gasteiger partial charge in [0.15, 0.2) is 34.5 Å². The number of aromatic hydroxyl groups is 6. The summed E-state index contributed by atoms with van der Waals surface area (Å²) in [6.07, 6.45) is 5.35. The van der Waals surface area contributed by atoms with Crippen molar-refractivity contribution in [2.45, 2.75) is 0 Å². The number of rotatable bonds is 21. The topological polar surface area (TPSA) is 338 Å². The first kappa shape index (κ1) is 54.8. The van der Waals surface area contributed by atoms with Gasteiger partial charge < -0.3 is 67.9 Å². The smallest absolute Gasteiger partial charge is 0.255 e. The Kier molecular flexibility index (Phi) is 22.3. The highest BCUT2D eigenvalue weighted by atomic mass is 16.3. The van der Waals surface area contributed by atoms with E-state index in [-0.39, 0.29) is 146 Å². The number of hydrogen-bond acceptors (Lipinski definition) is 17. The summed E-state index contributed by atoms with van der Waals surface area (Å²) in [5.41, 5.74) is -0.425. The first-order valence-electron chi connectivity index (χ1n) is 22.3. The highest BCUT2D eigenvalue weighted by Gasteiger charge is 2.23. The van der Waals surface area contributed by atoms with Gasteiger partial charge in [0.2, 0.25) is 23.6 Å². The highest BCUT2D eigenvalue weighted by molar-refractivity contribution is 5.99. The zero-order valence-corrected chi connectivity index (χ0v) is 38.5. The van der Waals surface area contributed by atoms with Crippen molar-refractivity contribution in [1.82, 2.24) is 56.8 Å². The van der Waals surface area contributed by atoms with Gasteiger partial charge in [0.05, 0.1) is 49.4 Å². The van der Waals surface area contributed by atoms with Crippen molar-refractivity contribution in [3.05, 3.63) is 71.3 Å². The second-order valence-electron chi connectivity index (χ2n) is 15.9. The Morgan fingerprint density at radius 3 is 0.900 bits per heavy atom. The molecule has 70 heavy (non-hydrogen) atoms. The van der Waals surface area contributed by atoms with Gasteiger partial charge in [-0.1, -0.05) is 24.1 Å². The van der Waals surface area contributed by atoms with E-state index < -0.39 is 58.1 Å². The molecule has 1 heterocycles. The lowest BCUT2D eigenvalue weighted by Crippen LogP contribution is -2.52. The third-order valence-electron chi connectivity index (χ3n) is 10.8. The summed E-state index contributed by atoms with van der Waals surface area (Å²) >= 11 is 0. The van der Waals surface area contributed by atoms with E-state index in [0.717, 1.165) is 0 Å². The number of nitrogens with one attached hydrogen (secondary N) is 7. The molecule has 1 aliphatic rings. The quantitative estimate of drug-likeness (QED) is 0.0285. The summed E-state index contributed by atoms with van der Waals surface area (Å²) in [5.74, 6) is -4.24. The standard InChI is InChI=1S/C46H61N11O13/c1-2-12-47-37(61)27-54-19-21-55(28-38(62)48-13-16-51-44(68)31-6-3-9-34(58)41(31)65)23-25-57(30-40(64)50-15-18-53-46(70)33-8-5-11-36(60)43(33)67)26-24-56(22-20-54)29-39(63)49-14-17-52-45(69)32-7-4-10-35(59)42(32)66/h1,3-11,58-60,65-67H,12-30H2,(H,47,61)(H,48,62)(H,49,63)(H,50,64)(H,51,68)(H,52,69)(H,53,70). The number of benzene rings is 3. The van der Waals surface area contributed by atoms with Gasteiger partial charge in [0.25, 0.3) is 17.7 Å². The van der Waals surface area contributed by atoms with Crippen LogP contribution >= 0.6 is 0 Å². The molecule has 4 rings (SSSR count). The molecule has 378 valence electrons. The maximum Gasteiger partial charge on any atom is 0.255 e. The molecular formula is C46H61N11O13. The summed E-state index contributed by atoms with van der Waals surface area (Å²) < 4.78 is 0. The van der Waals surface area contributed by atoms with Crippen molar-refractivity contribution in [1.29, 1.82) is 0 Å². The van der Waals surface area contributed by atoms with Crippen LogP contribution in [0.3, 0.4) is 0 Å². The lowest BCUT2D eigenvalue weighted by atomic mass is 10.1. The molecule has 1 fully saturated rings. The van der Waals surface area contributed by atoms with E-state index in [2.05, 4.69) is 43.1 Å². The number of phenols is 6. The average molecular weight is 976 g/mol. The average Bonchev–Trinajstić information content (AvgIpc) is 3.33. The van der Waals surface area contributed by atoms with Crippen LogP contribution < -0.4 is 37.2 Å². The second-order valence-corrected chi connectivity index (χ2v) is 15.9. The Hall–Kier alpha value is -7.85. The van der Waals surface area contributed by atoms with Crippen LogP contribution in [-0.4, -0.2) is 216 Å². The number of carbonyl (C=O) groups excluding carboxylic acids is 7. The Balaban J connectivity index is 1.41. The van der Waals surface area contributed by atoms with Crippen LogP contribution in [0.4, 0.5) is 0 Å². The molecule has 0 bridgehead atoms. The van der Waals surface area contributed by atoms with E-state index in [1.165, 1.54) is 54.6 Å². The first-order chi connectivity index (χ1) is 33.6. The monoisotopic (exact) mass is 975 g/mol. The molecule has 0 radical (unpaired) electrons. The number of para-hydroxylation sites is 3. The van der Waals surface area contributed by atoms with Gasteiger partial charge in [-0.3, -0.25) is 53.2 Å². The molecular weight excluding hydrogens is 915 g/mol. The minimum Gasteiger partial charge on any atom is -0.504 e. The van der Waals surface area contributed by atoms with Crippen LogP contribution in [-0.2, 0) is 19.2 Å². The third-order valence-corrected chi connectivity index (χ3v) is 10.8. The van der Waals surface area contributed by atoms with Gasteiger partial charge in [-0.15, -0.1) is 6.42 Å². The molecule has 0 saturated carbocycles. The molecule has 7 amide bonds. The number of amides is 7. The van der Waals surface area contributed by atoms with Crippen LogP contribution in [0.1, 0.15) is 31.1 Å². The molecule has 0 aliphatic carbocycles. The second kappa shape index (κ2) is 28.5. The summed E-state index contributed by atoms with van der Waals surface area (Å²) in [7, 11) is 0. The van der Waals surface area contributed by atoms with Crippen LogP contribution in [0, 0.1) is 12.3 Å². The molecule has 3 aromatic carbocycles. The highest BCUT2D eigenvalue weighted by Crippen LogP contribution is 2.29. The van der Waals surface area contributed by atoms with E-state index in [1.54, 1.807) is 0 Å². The Bertz CT molecular complexity index is 2240. The van der Waals surface area contributed by atoms with E-state index in [9.17, 15) is 64.2 Å². The zero-order valence-electron chi connectivity index (χ0n) is 38.5. The fraction of sp³-hybridized carbons (Fsp3) is 0.413. The van der Waals surface area contributed by atoms with Crippen molar-refractivity contribution >= 4 is 41.4 Å². The largest absolute Gasteiger partial charge is 0.504 e. The van der Waals surface area contributed by atoms with E-state index in [4.69, 9.17) is 6.42 Å². The van der Waals surface area contributed by atoms with E-state index >= 15 is 0 Å². The van der Waals surface area contributed by atoms with E-state index in [0.29, 0.717) is 13.1 Å². The van der Waals surface area contributed by atoms with Gasteiger partial charge in [0, 0.05) is 91.6 Å². The molecule has 0 aromatic heterocycles. The Morgan fingerprint density at radius 1 is 0.400 bits per heavy atom. The fourth-order valence-electron chi connectivity index (χ4n) is 6.96. The molecule has 3 aromatic rings. The molecule has 0 spiro atoms. The van der Waals surface area contributed by atoms with Crippen LogP contribution in [0.25, 0.3) is 0 Å². The van der Waals surface area contributed by atoms with Crippen molar-refractivity contribution in [2.24, 2.45) is 0 Å². The molecule has 0 unspecified atom stereocenters. The van der Waals surface area contributed by atoms with Crippen LogP contribution in [0.15, 0.2) is 54.6 Å². The zero-order chi connectivity index (χ0) is 51.0. The predicted molar refractivity (Wildman–Crippen MR) is 253 cm³/mol. The van der Waals surface area contributed by atoms with Crippen molar-refractivity contribution in [3.63, 3.8) is 0 Å². The van der Waals surface area contributed by atoms with Gasteiger partial charge in [-0.05, 0) is 36.4 Å². The SMILES string of the molecule is C#CCNC(=O)CN1CCN(CC(=O)NCCNC(=O)c2cccc(O)c2O)CCN(CC(=O)NCCNC(=O)c2cccc(O)c2O)CCN(CC(=O)NCCNC(=O)c2cccc(O)c2O)CC1. The van der Waals surface area contributed by atoms with Crippen LogP contribution in [0.5, 0.6) is 34.5 Å². The summed E-state index contributed by atoms with van der Waals surface area (Å²) in [5, 5.41) is 77.9. The molecule has 24 nitrogen and oxygen atoms in total. The fourth-order valence-corrected chi connectivity index (χ4v) is 6.96. The summed E-state index contributed by atoms with van der Waals surface area (Å²) in [6.45, 7) is 1.91. The van der Waals surface area contributed by atoms with Gasteiger partial charge in [-0.2, -0.15) is 0 Å². The normalized spacial score (nSPS) is 14.1. The maximum absolute atomic E-state index is 13.3. The van der Waals surface area contributed by atoms with Crippen molar-refractivity contribution in [2.75, 3.05) is 124 Å². The van der Waals surface area contributed by atoms with Gasteiger partial charge in [-0.25, -0.2) is 0 Å². The van der Waals surface area contributed by atoms with Crippen molar-refractivity contribution < 1.29 is 64.2 Å². The van der Waals surface area contributed by atoms with Gasteiger partial charge in [0.1, 0.15) is 0 Å². The number of phenolic OH excluding ortho intramolecular Hbond substituents is 6.